The Morgan fingerprint density at radius 1 is 1.32 bits per heavy atom. The number of ether oxygens (including phenoxy) is 2. The molecule has 2 rings (SSSR count). The van der Waals surface area contributed by atoms with E-state index >= 15 is 0 Å². The first-order chi connectivity index (χ1) is 10.5. The standard InChI is InChI=1S/C16H19NO3S2/c1-4-19-13-7-11(5-6-12(13)20-9-10(2)3)8-14-15(18)17-16(21)22-14/h5-8,10H,4,9H2,1-3H3,(H,17,18,21). The maximum absolute atomic E-state index is 11.7. The van der Waals surface area contributed by atoms with Crippen LogP contribution in [-0.4, -0.2) is 23.4 Å². The second-order valence-corrected chi connectivity index (χ2v) is 6.92. The van der Waals surface area contributed by atoms with Crippen LogP contribution in [0.2, 0.25) is 0 Å². The molecule has 0 aliphatic carbocycles. The predicted molar refractivity (Wildman–Crippen MR) is 94.3 cm³/mol. The highest BCUT2D eigenvalue weighted by Crippen LogP contribution is 2.32. The van der Waals surface area contributed by atoms with E-state index in [9.17, 15) is 4.79 Å². The van der Waals surface area contributed by atoms with Gasteiger partial charge in [0.05, 0.1) is 18.1 Å². The van der Waals surface area contributed by atoms with E-state index in [4.69, 9.17) is 21.7 Å². The molecule has 6 heteroatoms. The number of hydrogen-bond donors (Lipinski definition) is 1. The van der Waals surface area contributed by atoms with Gasteiger partial charge in [0.2, 0.25) is 0 Å². The zero-order valence-electron chi connectivity index (χ0n) is 12.8. The Labute approximate surface area is 140 Å². The Bertz CT molecular complexity index is 611. The van der Waals surface area contributed by atoms with E-state index in [1.807, 2.05) is 25.1 Å². The van der Waals surface area contributed by atoms with Crippen molar-refractivity contribution in [3.8, 4) is 11.5 Å². The van der Waals surface area contributed by atoms with E-state index in [-0.39, 0.29) is 5.91 Å². The molecule has 1 amide bonds. The third-order valence-corrected chi connectivity index (χ3v) is 3.94. The van der Waals surface area contributed by atoms with Crippen molar-refractivity contribution in [2.24, 2.45) is 5.92 Å². The van der Waals surface area contributed by atoms with Crippen LogP contribution in [0, 0.1) is 5.92 Å². The highest BCUT2D eigenvalue weighted by molar-refractivity contribution is 8.26. The van der Waals surface area contributed by atoms with E-state index in [1.165, 1.54) is 11.8 Å². The van der Waals surface area contributed by atoms with Crippen molar-refractivity contribution >= 4 is 40.3 Å². The summed E-state index contributed by atoms with van der Waals surface area (Å²) in [5.41, 5.74) is 0.877. The summed E-state index contributed by atoms with van der Waals surface area (Å²) in [6, 6.07) is 5.65. The van der Waals surface area contributed by atoms with Crippen LogP contribution in [0.15, 0.2) is 23.1 Å². The van der Waals surface area contributed by atoms with Crippen LogP contribution < -0.4 is 14.8 Å². The normalized spacial score (nSPS) is 16.3. The van der Waals surface area contributed by atoms with Crippen molar-refractivity contribution in [2.45, 2.75) is 20.8 Å². The molecular formula is C16H19NO3S2. The topological polar surface area (TPSA) is 47.6 Å². The fourth-order valence-corrected chi connectivity index (χ4v) is 2.88. The van der Waals surface area contributed by atoms with E-state index in [0.717, 1.165) is 11.3 Å². The fourth-order valence-electron chi connectivity index (χ4n) is 1.83. The molecule has 0 bridgehead atoms. The van der Waals surface area contributed by atoms with Crippen LogP contribution in [-0.2, 0) is 4.79 Å². The Morgan fingerprint density at radius 3 is 2.68 bits per heavy atom. The Hall–Kier alpha value is -1.53. The van der Waals surface area contributed by atoms with Gasteiger partial charge in [-0.3, -0.25) is 4.79 Å². The van der Waals surface area contributed by atoms with Gasteiger partial charge in [-0.15, -0.1) is 0 Å². The SMILES string of the molecule is CCOc1cc(C=C2SC(=S)NC2=O)ccc1OCC(C)C. The minimum Gasteiger partial charge on any atom is -0.490 e. The molecule has 0 spiro atoms. The third kappa shape index (κ3) is 4.48. The van der Waals surface area contributed by atoms with Crippen molar-refractivity contribution in [3.05, 3.63) is 28.7 Å². The molecule has 0 unspecified atom stereocenters. The van der Waals surface area contributed by atoms with Crippen molar-refractivity contribution < 1.29 is 14.3 Å². The number of carbonyl (C=O) groups is 1. The first-order valence-corrected chi connectivity index (χ1v) is 8.36. The molecule has 0 saturated carbocycles. The second-order valence-electron chi connectivity index (χ2n) is 5.20. The number of rotatable bonds is 6. The molecule has 1 aromatic rings. The maximum Gasteiger partial charge on any atom is 0.263 e. The molecule has 118 valence electrons. The highest BCUT2D eigenvalue weighted by atomic mass is 32.2. The van der Waals surface area contributed by atoms with Gasteiger partial charge in [-0.25, -0.2) is 0 Å². The minimum absolute atomic E-state index is 0.159. The van der Waals surface area contributed by atoms with Crippen LogP contribution in [0.5, 0.6) is 11.5 Å². The summed E-state index contributed by atoms with van der Waals surface area (Å²) in [4.78, 5) is 12.3. The van der Waals surface area contributed by atoms with Crippen molar-refractivity contribution in [2.75, 3.05) is 13.2 Å². The molecule has 4 nitrogen and oxygen atoms in total. The molecule has 1 saturated heterocycles. The Balaban J connectivity index is 2.23. The summed E-state index contributed by atoms with van der Waals surface area (Å²) in [5.74, 6) is 1.68. The number of hydrogen-bond acceptors (Lipinski definition) is 5. The van der Waals surface area contributed by atoms with Crippen molar-refractivity contribution in [1.82, 2.24) is 5.32 Å². The van der Waals surface area contributed by atoms with Gasteiger partial charge in [-0.2, -0.15) is 0 Å². The van der Waals surface area contributed by atoms with Crippen LogP contribution in [0.1, 0.15) is 26.3 Å². The quantitative estimate of drug-likeness (QED) is 0.635. The van der Waals surface area contributed by atoms with Gasteiger partial charge in [0, 0.05) is 0 Å². The van der Waals surface area contributed by atoms with Gasteiger partial charge in [-0.05, 0) is 36.6 Å². The van der Waals surface area contributed by atoms with Gasteiger partial charge in [0.25, 0.3) is 5.91 Å². The lowest BCUT2D eigenvalue weighted by atomic mass is 10.2. The van der Waals surface area contributed by atoms with E-state index in [1.54, 1.807) is 6.08 Å². The first-order valence-electron chi connectivity index (χ1n) is 7.14. The van der Waals surface area contributed by atoms with Crippen LogP contribution in [0.4, 0.5) is 0 Å². The summed E-state index contributed by atoms with van der Waals surface area (Å²) in [5, 5.41) is 2.60. The number of benzene rings is 1. The zero-order chi connectivity index (χ0) is 16.1. The highest BCUT2D eigenvalue weighted by Gasteiger charge is 2.22. The average Bonchev–Trinajstić information content (AvgIpc) is 2.76. The molecule has 0 aromatic heterocycles. The summed E-state index contributed by atoms with van der Waals surface area (Å²) in [6.45, 7) is 7.30. The summed E-state index contributed by atoms with van der Waals surface area (Å²) >= 11 is 6.25. The maximum atomic E-state index is 11.7. The summed E-state index contributed by atoms with van der Waals surface area (Å²) in [6.07, 6.45) is 1.80. The summed E-state index contributed by atoms with van der Waals surface area (Å²) in [7, 11) is 0. The van der Waals surface area contributed by atoms with Gasteiger partial charge >= 0.3 is 0 Å². The molecule has 1 heterocycles. The van der Waals surface area contributed by atoms with Crippen molar-refractivity contribution in [3.63, 3.8) is 0 Å². The molecule has 1 aliphatic rings. The predicted octanol–water partition coefficient (Wildman–Crippen LogP) is 3.61. The minimum atomic E-state index is -0.159. The summed E-state index contributed by atoms with van der Waals surface area (Å²) < 4.78 is 11.9. The molecule has 1 fully saturated rings. The molecular weight excluding hydrogens is 318 g/mol. The molecule has 1 aliphatic heterocycles. The van der Waals surface area contributed by atoms with Crippen LogP contribution in [0.25, 0.3) is 6.08 Å². The van der Waals surface area contributed by atoms with Gasteiger partial charge in [0.1, 0.15) is 4.32 Å². The number of nitrogens with one attached hydrogen (secondary N) is 1. The lowest BCUT2D eigenvalue weighted by Gasteiger charge is -2.14. The molecule has 1 aromatic carbocycles. The Morgan fingerprint density at radius 2 is 2.09 bits per heavy atom. The third-order valence-electron chi connectivity index (χ3n) is 2.78. The molecule has 22 heavy (non-hydrogen) atoms. The second kappa shape index (κ2) is 7.65. The Kier molecular flexibility index (Phi) is 5.85. The van der Waals surface area contributed by atoms with E-state index in [2.05, 4.69) is 19.2 Å². The number of amides is 1. The van der Waals surface area contributed by atoms with Gasteiger partial charge in [0.15, 0.2) is 11.5 Å². The van der Waals surface area contributed by atoms with Crippen molar-refractivity contribution in [1.29, 1.82) is 0 Å². The smallest absolute Gasteiger partial charge is 0.263 e. The van der Waals surface area contributed by atoms with Crippen LogP contribution in [0.3, 0.4) is 0 Å². The lowest BCUT2D eigenvalue weighted by molar-refractivity contribution is -0.115. The molecule has 0 radical (unpaired) electrons. The van der Waals surface area contributed by atoms with Crippen LogP contribution >= 0.6 is 24.0 Å². The first kappa shape index (κ1) is 16.8. The monoisotopic (exact) mass is 337 g/mol. The van der Waals surface area contributed by atoms with Gasteiger partial charge < -0.3 is 14.8 Å². The van der Waals surface area contributed by atoms with Gasteiger partial charge in [-0.1, -0.05) is 43.9 Å². The molecule has 0 atom stereocenters. The largest absolute Gasteiger partial charge is 0.490 e. The van der Waals surface area contributed by atoms with E-state index < -0.39 is 0 Å². The fraction of sp³-hybridized carbons (Fsp3) is 0.375. The number of thiocarbonyl (C=S) groups is 1. The van der Waals surface area contributed by atoms with E-state index in [0.29, 0.717) is 34.1 Å². The zero-order valence-corrected chi connectivity index (χ0v) is 14.5. The molecule has 1 N–H and O–H groups in total. The number of thioether (sulfide) groups is 1. The lowest BCUT2D eigenvalue weighted by Crippen LogP contribution is -2.17. The number of carbonyl (C=O) groups excluding carboxylic acids is 1. The average molecular weight is 337 g/mol.